The summed E-state index contributed by atoms with van der Waals surface area (Å²) in [6.45, 7) is 2.09. The number of rotatable bonds is 3. The first kappa shape index (κ1) is 10.9. The quantitative estimate of drug-likeness (QED) is 0.846. The normalized spacial score (nSPS) is 10.9. The fourth-order valence-corrected chi connectivity index (χ4v) is 2.49. The molecule has 0 aliphatic carbocycles. The lowest BCUT2D eigenvalue weighted by Crippen LogP contribution is -2.00. The minimum absolute atomic E-state index is 0.360. The minimum atomic E-state index is 0.360. The molecule has 6 heteroatoms. The predicted molar refractivity (Wildman–Crippen MR) is 63.3 cm³/mol. The van der Waals surface area contributed by atoms with E-state index in [2.05, 4.69) is 17.1 Å². The molecule has 0 N–H and O–H groups in total. The molecule has 2 aromatic heterocycles. The van der Waals surface area contributed by atoms with Crippen LogP contribution in [0.4, 0.5) is 0 Å². The molecule has 0 atom stereocenters. The van der Waals surface area contributed by atoms with Gasteiger partial charge in [-0.15, -0.1) is 21.5 Å². The maximum atomic E-state index is 6.06. The zero-order chi connectivity index (χ0) is 10.8. The van der Waals surface area contributed by atoms with Gasteiger partial charge in [-0.05, 0) is 29.5 Å². The van der Waals surface area contributed by atoms with Gasteiger partial charge in [0.2, 0.25) is 5.28 Å². The van der Waals surface area contributed by atoms with Crippen molar-refractivity contribution in [3.8, 4) is 5.69 Å². The second-order valence-electron chi connectivity index (χ2n) is 3.05. The van der Waals surface area contributed by atoms with Crippen molar-refractivity contribution in [2.75, 3.05) is 0 Å². The monoisotopic (exact) mass is 261 g/mol. The molecule has 80 valence electrons. The van der Waals surface area contributed by atoms with Crippen molar-refractivity contribution < 1.29 is 0 Å². The van der Waals surface area contributed by atoms with Crippen molar-refractivity contribution in [3.63, 3.8) is 0 Å². The van der Waals surface area contributed by atoms with E-state index >= 15 is 0 Å². The van der Waals surface area contributed by atoms with Crippen LogP contribution < -0.4 is 0 Å². The highest BCUT2D eigenvalue weighted by Crippen LogP contribution is 2.29. The molecule has 3 nitrogen and oxygen atoms in total. The maximum absolute atomic E-state index is 6.06. The van der Waals surface area contributed by atoms with Crippen LogP contribution in [0.3, 0.4) is 0 Å². The summed E-state index contributed by atoms with van der Waals surface area (Å²) in [5.41, 5.74) is 0.861. The van der Waals surface area contributed by atoms with Crippen LogP contribution in [0.1, 0.15) is 19.2 Å². The van der Waals surface area contributed by atoms with Crippen molar-refractivity contribution >= 4 is 34.5 Å². The molecule has 0 radical (unpaired) electrons. The fourth-order valence-electron chi connectivity index (χ4n) is 1.37. The summed E-state index contributed by atoms with van der Waals surface area (Å²) in [4.78, 5) is 0. The van der Waals surface area contributed by atoms with Crippen LogP contribution in [0.15, 0.2) is 11.4 Å². The lowest BCUT2D eigenvalue weighted by molar-refractivity contribution is 0.804. The van der Waals surface area contributed by atoms with Crippen LogP contribution in [-0.4, -0.2) is 14.8 Å². The average Bonchev–Trinajstić information content (AvgIpc) is 2.75. The molecule has 0 aliphatic rings. The van der Waals surface area contributed by atoms with Crippen LogP contribution in [0, 0.1) is 0 Å². The van der Waals surface area contributed by atoms with E-state index in [4.69, 9.17) is 23.2 Å². The fraction of sp³-hybridized carbons (Fsp3) is 0.333. The van der Waals surface area contributed by atoms with Crippen molar-refractivity contribution in [2.24, 2.45) is 0 Å². The Balaban J connectivity index is 2.51. The standard InChI is InChI=1S/C9H9Cl2N3S/c1-2-3-7-12-13-9(11)14(7)6-4-5-15-8(6)10/h4-5H,2-3H2,1H3. The number of nitrogens with zero attached hydrogens (tertiary/aromatic N) is 3. The van der Waals surface area contributed by atoms with Gasteiger partial charge in [0.25, 0.3) is 0 Å². The molecule has 0 unspecified atom stereocenters. The molecule has 0 fully saturated rings. The van der Waals surface area contributed by atoms with E-state index in [-0.39, 0.29) is 0 Å². The third-order valence-corrected chi connectivity index (χ3v) is 3.40. The Bertz CT molecular complexity index is 464. The van der Waals surface area contributed by atoms with Crippen LogP contribution in [0.2, 0.25) is 9.62 Å². The molecule has 0 aromatic carbocycles. The minimum Gasteiger partial charge on any atom is -0.267 e. The largest absolute Gasteiger partial charge is 0.267 e. The first-order valence-corrected chi connectivity index (χ1v) is 6.20. The summed E-state index contributed by atoms with van der Waals surface area (Å²) >= 11 is 13.5. The molecule has 0 aliphatic heterocycles. The smallest absolute Gasteiger partial charge is 0.229 e. The predicted octanol–water partition coefficient (Wildman–Crippen LogP) is 3.59. The Labute approximate surface area is 102 Å². The average molecular weight is 262 g/mol. The third kappa shape index (κ3) is 2.02. The summed E-state index contributed by atoms with van der Waals surface area (Å²) in [6.07, 6.45) is 1.84. The number of halogens is 2. The van der Waals surface area contributed by atoms with E-state index in [9.17, 15) is 0 Å². The van der Waals surface area contributed by atoms with Crippen molar-refractivity contribution in [2.45, 2.75) is 19.8 Å². The Morgan fingerprint density at radius 2 is 2.20 bits per heavy atom. The van der Waals surface area contributed by atoms with Crippen LogP contribution in [-0.2, 0) is 6.42 Å². The van der Waals surface area contributed by atoms with Gasteiger partial charge in [-0.1, -0.05) is 18.5 Å². The van der Waals surface area contributed by atoms with Gasteiger partial charge in [0.15, 0.2) is 0 Å². The van der Waals surface area contributed by atoms with Gasteiger partial charge in [0, 0.05) is 6.42 Å². The molecule has 0 bridgehead atoms. The van der Waals surface area contributed by atoms with Crippen LogP contribution in [0.5, 0.6) is 0 Å². The van der Waals surface area contributed by atoms with Crippen molar-refractivity contribution in [3.05, 3.63) is 26.9 Å². The molecule has 0 spiro atoms. The van der Waals surface area contributed by atoms with Gasteiger partial charge in [-0.25, -0.2) is 0 Å². The summed E-state index contributed by atoms with van der Waals surface area (Å²) < 4.78 is 2.50. The zero-order valence-corrected chi connectivity index (χ0v) is 10.4. The van der Waals surface area contributed by atoms with Gasteiger partial charge >= 0.3 is 0 Å². The van der Waals surface area contributed by atoms with Gasteiger partial charge in [-0.2, -0.15) is 0 Å². The first-order chi connectivity index (χ1) is 7.24. The first-order valence-electron chi connectivity index (χ1n) is 4.57. The van der Waals surface area contributed by atoms with E-state index in [1.54, 1.807) is 4.57 Å². The van der Waals surface area contributed by atoms with Crippen molar-refractivity contribution in [1.29, 1.82) is 0 Å². The number of hydrogen-bond donors (Lipinski definition) is 0. The molecular weight excluding hydrogens is 253 g/mol. The van der Waals surface area contributed by atoms with Gasteiger partial charge < -0.3 is 0 Å². The maximum Gasteiger partial charge on any atom is 0.229 e. The lowest BCUT2D eigenvalue weighted by Gasteiger charge is -2.04. The summed E-state index contributed by atoms with van der Waals surface area (Å²) in [5, 5.41) is 10.2. The third-order valence-electron chi connectivity index (χ3n) is 2.00. The second-order valence-corrected chi connectivity index (χ2v) is 4.91. The van der Waals surface area contributed by atoms with E-state index in [0.717, 1.165) is 24.4 Å². The van der Waals surface area contributed by atoms with Crippen molar-refractivity contribution in [1.82, 2.24) is 14.8 Å². The topological polar surface area (TPSA) is 30.7 Å². The number of hydrogen-bond acceptors (Lipinski definition) is 3. The van der Waals surface area contributed by atoms with E-state index in [0.29, 0.717) is 9.62 Å². The molecule has 0 saturated carbocycles. The van der Waals surface area contributed by atoms with E-state index in [1.807, 2.05) is 11.4 Å². The molecule has 2 heterocycles. The molecule has 0 saturated heterocycles. The Hall–Kier alpha value is -0.580. The highest BCUT2D eigenvalue weighted by Gasteiger charge is 2.14. The Morgan fingerprint density at radius 1 is 1.40 bits per heavy atom. The van der Waals surface area contributed by atoms with Gasteiger partial charge in [0.1, 0.15) is 10.2 Å². The van der Waals surface area contributed by atoms with Gasteiger partial charge in [0.05, 0.1) is 5.69 Å². The lowest BCUT2D eigenvalue weighted by atomic mass is 10.3. The molecular formula is C9H9Cl2N3S. The number of aromatic nitrogens is 3. The molecule has 15 heavy (non-hydrogen) atoms. The highest BCUT2D eigenvalue weighted by molar-refractivity contribution is 7.14. The second kappa shape index (κ2) is 4.51. The van der Waals surface area contributed by atoms with Gasteiger partial charge in [-0.3, -0.25) is 4.57 Å². The highest BCUT2D eigenvalue weighted by atomic mass is 35.5. The molecule has 2 rings (SSSR count). The van der Waals surface area contributed by atoms with E-state index < -0.39 is 0 Å². The van der Waals surface area contributed by atoms with Crippen LogP contribution in [0.25, 0.3) is 5.69 Å². The van der Waals surface area contributed by atoms with Crippen LogP contribution >= 0.6 is 34.5 Å². The summed E-state index contributed by atoms with van der Waals surface area (Å²) in [5.74, 6) is 0.850. The Morgan fingerprint density at radius 3 is 2.80 bits per heavy atom. The molecule has 0 amide bonds. The molecule has 2 aromatic rings. The summed E-state index contributed by atoms with van der Waals surface area (Å²) in [6, 6.07) is 1.92. The number of aryl methyl sites for hydroxylation is 1. The Kier molecular flexibility index (Phi) is 3.29. The summed E-state index contributed by atoms with van der Waals surface area (Å²) in [7, 11) is 0. The SMILES string of the molecule is CCCc1nnc(Cl)n1-c1ccsc1Cl. The van der Waals surface area contributed by atoms with E-state index in [1.165, 1.54) is 11.3 Å². The zero-order valence-electron chi connectivity index (χ0n) is 8.07. The number of thiophene rings is 1.